The molecular formula is C20H19ClN2O5. The molecule has 2 aliphatic heterocycles. The van der Waals surface area contributed by atoms with E-state index in [0.717, 1.165) is 5.56 Å². The van der Waals surface area contributed by atoms with E-state index < -0.39 is 11.6 Å². The van der Waals surface area contributed by atoms with E-state index in [4.69, 9.17) is 25.8 Å². The molecule has 0 bridgehead atoms. The number of nitrogens with zero attached hydrogens (tertiary/aromatic N) is 1. The highest BCUT2D eigenvalue weighted by Gasteiger charge is 2.49. The Kier molecular flexibility index (Phi) is 4.64. The molecule has 2 aromatic rings. The van der Waals surface area contributed by atoms with E-state index in [1.807, 2.05) is 0 Å². The third kappa shape index (κ3) is 3.06. The van der Waals surface area contributed by atoms with Crippen LogP contribution in [0.1, 0.15) is 23.6 Å². The van der Waals surface area contributed by atoms with Gasteiger partial charge in [0.2, 0.25) is 0 Å². The molecule has 4 rings (SSSR count). The number of carbonyl (C=O) groups excluding carboxylic acids is 2. The molecule has 0 radical (unpaired) electrons. The first kappa shape index (κ1) is 18.6. The van der Waals surface area contributed by atoms with Gasteiger partial charge in [-0.2, -0.15) is 0 Å². The Labute approximate surface area is 167 Å². The molecule has 0 saturated carbocycles. The quantitative estimate of drug-likeness (QED) is 0.795. The number of methoxy groups -OCH3 is 1. The van der Waals surface area contributed by atoms with Crippen molar-refractivity contribution in [3.8, 4) is 11.5 Å². The summed E-state index contributed by atoms with van der Waals surface area (Å²) >= 11 is 6.19. The van der Waals surface area contributed by atoms with Crippen LogP contribution in [0.4, 0.5) is 4.79 Å². The number of urea groups is 1. The monoisotopic (exact) mass is 402 g/mol. The molecule has 28 heavy (non-hydrogen) atoms. The minimum absolute atomic E-state index is 0.0549. The van der Waals surface area contributed by atoms with Crippen LogP contribution in [0.3, 0.4) is 0 Å². The molecule has 0 aliphatic carbocycles. The first-order chi connectivity index (χ1) is 13.4. The molecule has 1 N–H and O–H groups in total. The van der Waals surface area contributed by atoms with E-state index in [2.05, 4.69) is 5.32 Å². The number of nitrogens with one attached hydrogen (secondary N) is 1. The summed E-state index contributed by atoms with van der Waals surface area (Å²) in [6, 6.07) is 10.0. The average molecular weight is 403 g/mol. The Morgan fingerprint density at radius 2 is 2.00 bits per heavy atom. The maximum atomic E-state index is 13.2. The Balaban J connectivity index is 1.64. The smallest absolute Gasteiger partial charge is 0.325 e. The van der Waals surface area contributed by atoms with Crippen LogP contribution < -0.4 is 14.8 Å². The zero-order valence-electron chi connectivity index (χ0n) is 15.5. The standard InChI is InChI=1S/C20H19ClN2O5/c1-20(14-3-5-16(26-2)6-4-14)18(24)23(19(25)22-20)9-12-7-15(21)8-13-10-27-11-28-17(12)13/h3-8H,9-11H2,1-2H3,(H,22,25)/t20-/m1/s1. The van der Waals surface area contributed by atoms with Gasteiger partial charge in [0.05, 0.1) is 20.3 Å². The second-order valence-electron chi connectivity index (χ2n) is 6.84. The van der Waals surface area contributed by atoms with E-state index in [9.17, 15) is 9.59 Å². The van der Waals surface area contributed by atoms with Crippen LogP contribution in [0.25, 0.3) is 0 Å². The molecule has 1 saturated heterocycles. The number of imide groups is 1. The Hall–Kier alpha value is -2.77. The molecule has 0 spiro atoms. The minimum Gasteiger partial charge on any atom is -0.497 e. The van der Waals surface area contributed by atoms with E-state index in [-0.39, 0.29) is 19.2 Å². The molecule has 3 amide bonds. The highest BCUT2D eigenvalue weighted by Crippen LogP contribution is 2.35. The number of amides is 3. The van der Waals surface area contributed by atoms with Crippen molar-refractivity contribution >= 4 is 23.5 Å². The minimum atomic E-state index is -1.16. The molecular weight excluding hydrogens is 384 g/mol. The summed E-state index contributed by atoms with van der Waals surface area (Å²) in [5, 5.41) is 3.29. The first-order valence-electron chi connectivity index (χ1n) is 8.73. The predicted octanol–water partition coefficient (Wildman–Crippen LogP) is 3.18. The summed E-state index contributed by atoms with van der Waals surface area (Å²) < 4.78 is 16.0. The summed E-state index contributed by atoms with van der Waals surface area (Å²) in [5.41, 5.74) is 0.963. The number of fused-ring (bicyclic) bond motifs is 1. The molecule has 146 valence electrons. The van der Waals surface area contributed by atoms with Crippen LogP contribution in [-0.2, 0) is 28.2 Å². The van der Waals surface area contributed by atoms with Crippen molar-refractivity contribution in [1.29, 1.82) is 0 Å². The predicted molar refractivity (Wildman–Crippen MR) is 101 cm³/mol. The molecule has 1 atom stereocenters. The van der Waals surface area contributed by atoms with Crippen LogP contribution in [-0.4, -0.2) is 30.7 Å². The Bertz CT molecular complexity index is 946. The largest absolute Gasteiger partial charge is 0.497 e. The fraction of sp³-hybridized carbons (Fsp3) is 0.300. The maximum absolute atomic E-state index is 13.2. The van der Waals surface area contributed by atoms with Gasteiger partial charge in [-0.15, -0.1) is 0 Å². The zero-order valence-corrected chi connectivity index (χ0v) is 16.2. The maximum Gasteiger partial charge on any atom is 0.325 e. The van der Waals surface area contributed by atoms with E-state index in [1.54, 1.807) is 50.4 Å². The lowest BCUT2D eigenvalue weighted by Crippen LogP contribution is -2.40. The SMILES string of the molecule is COc1ccc([C@@]2(C)NC(=O)N(Cc3cc(Cl)cc4c3OCOC4)C2=O)cc1. The summed E-state index contributed by atoms with van der Waals surface area (Å²) in [5.74, 6) is 0.934. The van der Waals surface area contributed by atoms with E-state index in [1.165, 1.54) is 4.90 Å². The molecule has 2 aliphatic rings. The third-order valence-electron chi connectivity index (χ3n) is 5.02. The Morgan fingerprint density at radius 1 is 1.25 bits per heavy atom. The highest BCUT2D eigenvalue weighted by atomic mass is 35.5. The van der Waals surface area contributed by atoms with Gasteiger partial charge in [0.15, 0.2) is 6.79 Å². The van der Waals surface area contributed by atoms with Gasteiger partial charge in [-0.05, 0) is 36.8 Å². The van der Waals surface area contributed by atoms with Gasteiger partial charge in [-0.1, -0.05) is 23.7 Å². The molecule has 2 aromatic carbocycles. The van der Waals surface area contributed by atoms with Crippen molar-refractivity contribution in [2.24, 2.45) is 0 Å². The van der Waals surface area contributed by atoms with Crippen molar-refractivity contribution in [3.05, 3.63) is 58.1 Å². The van der Waals surface area contributed by atoms with Gasteiger partial charge < -0.3 is 19.5 Å². The number of rotatable bonds is 4. The van der Waals surface area contributed by atoms with E-state index in [0.29, 0.717) is 34.3 Å². The fourth-order valence-electron chi connectivity index (χ4n) is 3.51. The Morgan fingerprint density at radius 3 is 2.71 bits per heavy atom. The molecule has 0 aromatic heterocycles. The van der Waals surface area contributed by atoms with Crippen LogP contribution in [0.2, 0.25) is 5.02 Å². The summed E-state index contributed by atoms with van der Waals surface area (Å²) in [4.78, 5) is 27.0. The second-order valence-corrected chi connectivity index (χ2v) is 7.28. The van der Waals surface area contributed by atoms with Crippen molar-refractivity contribution in [2.45, 2.75) is 25.6 Å². The first-order valence-corrected chi connectivity index (χ1v) is 9.10. The van der Waals surface area contributed by atoms with Crippen molar-refractivity contribution in [3.63, 3.8) is 0 Å². The van der Waals surface area contributed by atoms with Gasteiger partial charge in [-0.25, -0.2) is 4.79 Å². The lowest BCUT2D eigenvalue weighted by atomic mass is 9.92. The van der Waals surface area contributed by atoms with E-state index >= 15 is 0 Å². The number of hydrogen-bond acceptors (Lipinski definition) is 5. The number of benzene rings is 2. The zero-order chi connectivity index (χ0) is 19.9. The third-order valence-corrected chi connectivity index (χ3v) is 5.24. The molecule has 1 fully saturated rings. The van der Waals surface area contributed by atoms with Crippen LogP contribution >= 0.6 is 11.6 Å². The van der Waals surface area contributed by atoms with Gasteiger partial charge in [0, 0.05) is 16.1 Å². The number of halogens is 1. The van der Waals surface area contributed by atoms with Crippen molar-refractivity contribution in [2.75, 3.05) is 13.9 Å². The van der Waals surface area contributed by atoms with Crippen molar-refractivity contribution in [1.82, 2.24) is 10.2 Å². The summed E-state index contributed by atoms with van der Waals surface area (Å²) in [6.45, 7) is 2.23. The lowest BCUT2D eigenvalue weighted by molar-refractivity contribution is -0.131. The number of carbonyl (C=O) groups is 2. The average Bonchev–Trinajstić information content (AvgIpc) is 2.92. The van der Waals surface area contributed by atoms with Gasteiger partial charge in [0.1, 0.15) is 17.0 Å². The highest BCUT2D eigenvalue weighted by molar-refractivity contribution is 6.30. The molecule has 2 heterocycles. The molecule has 7 nitrogen and oxygen atoms in total. The van der Waals surface area contributed by atoms with Crippen molar-refractivity contribution < 1.29 is 23.8 Å². The lowest BCUT2D eigenvalue weighted by Gasteiger charge is -2.24. The number of hydrogen-bond donors (Lipinski definition) is 1. The van der Waals surface area contributed by atoms with Gasteiger partial charge in [0.25, 0.3) is 5.91 Å². The van der Waals surface area contributed by atoms with Gasteiger partial charge in [-0.3, -0.25) is 9.69 Å². The van der Waals surface area contributed by atoms with Crippen LogP contribution in [0.15, 0.2) is 36.4 Å². The second kappa shape index (κ2) is 7.00. The molecule has 0 unspecified atom stereocenters. The fourth-order valence-corrected chi connectivity index (χ4v) is 3.77. The summed E-state index contributed by atoms with van der Waals surface area (Å²) in [7, 11) is 1.57. The topological polar surface area (TPSA) is 77.1 Å². The van der Waals surface area contributed by atoms with Crippen LogP contribution in [0.5, 0.6) is 11.5 Å². The normalized spacial score (nSPS) is 21.2. The molecule has 8 heteroatoms. The number of ether oxygens (including phenoxy) is 3. The van der Waals surface area contributed by atoms with Gasteiger partial charge >= 0.3 is 6.03 Å². The van der Waals surface area contributed by atoms with Crippen LogP contribution in [0, 0.1) is 0 Å². The summed E-state index contributed by atoms with van der Waals surface area (Å²) in [6.07, 6.45) is 0.